The Morgan fingerprint density at radius 3 is 2.18 bits per heavy atom. The van der Waals surface area contributed by atoms with Crippen LogP contribution >= 0.6 is 0 Å². The van der Waals surface area contributed by atoms with E-state index in [1.165, 1.54) is 12.1 Å². The van der Waals surface area contributed by atoms with Gasteiger partial charge in [0.2, 0.25) is 0 Å². The van der Waals surface area contributed by atoms with Crippen molar-refractivity contribution < 1.29 is 9.18 Å². The van der Waals surface area contributed by atoms with Crippen LogP contribution in [0.4, 0.5) is 4.39 Å². The molecular formula is C14H18FNO. The molecule has 1 aromatic rings. The van der Waals surface area contributed by atoms with Gasteiger partial charge in [-0.3, -0.25) is 4.79 Å². The van der Waals surface area contributed by atoms with E-state index in [-0.39, 0.29) is 28.3 Å². The summed E-state index contributed by atoms with van der Waals surface area (Å²) in [4.78, 5) is 11.9. The van der Waals surface area contributed by atoms with Crippen molar-refractivity contribution in [1.82, 2.24) is 5.32 Å². The van der Waals surface area contributed by atoms with Crippen molar-refractivity contribution in [2.24, 2.45) is 10.8 Å². The predicted molar refractivity (Wildman–Crippen MR) is 65.2 cm³/mol. The average Bonchev–Trinajstić information content (AvgIpc) is 2.61. The highest BCUT2D eigenvalue weighted by Crippen LogP contribution is 2.62. The summed E-state index contributed by atoms with van der Waals surface area (Å²) in [6.07, 6.45) is 0. The summed E-state index contributed by atoms with van der Waals surface area (Å²) in [5.41, 5.74) is 0.243. The molecule has 0 radical (unpaired) electrons. The lowest BCUT2D eigenvalue weighted by Crippen LogP contribution is -2.30. The van der Waals surface area contributed by atoms with E-state index >= 15 is 0 Å². The third-order valence-corrected chi connectivity index (χ3v) is 4.41. The number of carbonyl (C=O) groups excluding carboxylic acids is 1. The second-order valence-electron chi connectivity index (χ2n) is 5.83. The Labute approximate surface area is 101 Å². The molecule has 3 heteroatoms. The van der Waals surface area contributed by atoms with E-state index in [1.54, 1.807) is 12.1 Å². The molecule has 1 N–H and O–H groups in total. The molecule has 1 aliphatic rings. The van der Waals surface area contributed by atoms with Gasteiger partial charge in [-0.2, -0.15) is 0 Å². The van der Waals surface area contributed by atoms with Crippen molar-refractivity contribution in [1.29, 1.82) is 0 Å². The SMILES string of the molecule is CC1(C)C(NC(=O)c2ccccc2F)C1(C)C. The zero-order chi connectivity index (χ0) is 12.8. The lowest BCUT2D eigenvalue weighted by molar-refractivity contribution is 0.0939. The first kappa shape index (κ1) is 12.1. The lowest BCUT2D eigenvalue weighted by Gasteiger charge is -2.07. The minimum absolute atomic E-state index is 0.0634. The van der Waals surface area contributed by atoms with Crippen LogP contribution in [0, 0.1) is 16.6 Å². The molecule has 0 bridgehead atoms. The van der Waals surface area contributed by atoms with Crippen molar-refractivity contribution in [3.63, 3.8) is 0 Å². The summed E-state index contributed by atoms with van der Waals surface area (Å²) >= 11 is 0. The van der Waals surface area contributed by atoms with E-state index in [0.717, 1.165) is 0 Å². The van der Waals surface area contributed by atoms with Crippen LogP contribution in [-0.4, -0.2) is 11.9 Å². The summed E-state index contributed by atoms with van der Waals surface area (Å²) in [6.45, 7) is 8.44. The second kappa shape index (κ2) is 3.56. The van der Waals surface area contributed by atoms with Gasteiger partial charge < -0.3 is 5.32 Å². The van der Waals surface area contributed by atoms with Gasteiger partial charge in [0.25, 0.3) is 5.91 Å². The summed E-state index contributed by atoms with van der Waals surface area (Å²) in [7, 11) is 0. The van der Waals surface area contributed by atoms with Gasteiger partial charge >= 0.3 is 0 Å². The van der Waals surface area contributed by atoms with Gasteiger partial charge in [0.1, 0.15) is 5.82 Å². The quantitative estimate of drug-likeness (QED) is 0.838. The van der Waals surface area contributed by atoms with Gasteiger partial charge in [-0.05, 0) is 23.0 Å². The number of hydrogen-bond donors (Lipinski definition) is 1. The van der Waals surface area contributed by atoms with Crippen molar-refractivity contribution in [2.45, 2.75) is 33.7 Å². The summed E-state index contributed by atoms with van der Waals surface area (Å²) in [6, 6.07) is 6.16. The molecule has 17 heavy (non-hydrogen) atoms. The zero-order valence-electron chi connectivity index (χ0n) is 10.7. The normalized spacial score (nSPS) is 21.0. The number of rotatable bonds is 2. The monoisotopic (exact) mass is 235 g/mol. The molecule has 0 unspecified atom stereocenters. The molecule has 0 aliphatic heterocycles. The average molecular weight is 235 g/mol. The van der Waals surface area contributed by atoms with Gasteiger partial charge in [0.15, 0.2) is 0 Å². The highest BCUT2D eigenvalue weighted by atomic mass is 19.1. The Bertz CT molecular complexity index is 451. The second-order valence-corrected chi connectivity index (χ2v) is 5.83. The van der Waals surface area contributed by atoms with Crippen LogP contribution in [0.5, 0.6) is 0 Å². The zero-order valence-corrected chi connectivity index (χ0v) is 10.7. The van der Waals surface area contributed by atoms with Crippen molar-refractivity contribution in [3.05, 3.63) is 35.6 Å². The van der Waals surface area contributed by atoms with Crippen LogP contribution in [0.3, 0.4) is 0 Å². The Morgan fingerprint density at radius 2 is 1.71 bits per heavy atom. The maximum Gasteiger partial charge on any atom is 0.254 e. The van der Waals surface area contributed by atoms with Gasteiger partial charge in [-0.15, -0.1) is 0 Å². The predicted octanol–water partition coefficient (Wildman–Crippen LogP) is 2.99. The number of benzene rings is 1. The van der Waals surface area contributed by atoms with Gasteiger partial charge in [0, 0.05) is 6.04 Å². The number of hydrogen-bond acceptors (Lipinski definition) is 1. The first-order chi connectivity index (χ1) is 7.78. The van der Waals surface area contributed by atoms with Crippen LogP contribution < -0.4 is 5.32 Å². The van der Waals surface area contributed by atoms with Gasteiger partial charge in [-0.1, -0.05) is 39.8 Å². The van der Waals surface area contributed by atoms with Crippen LogP contribution in [0.25, 0.3) is 0 Å². The molecule has 0 saturated heterocycles. The van der Waals surface area contributed by atoms with Crippen molar-refractivity contribution in [2.75, 3.05) is 0 Å². The van der Waals surface area contributed by atoms with E-state index in [9.17, 15) is 9.18 Å². The fourth-order valence-electron chi connectivity index (χ4n) is 2.41. The van der Waals surface area contributed by atoms with Crippen LogP contribution in [0.2, 0.25) is 0 Å². The molecule has 0 heterocycles. The summed E-state index contributed by atoms with van der Waals surface area (Å²) in [5.74, 6) is -0.798. The lowest BCUT2D eigenvalue weighted by atomic mass is 10.0. The molecule has 2 nitrogen and oxygen atoms in total. The standard InChI is InChI=1S/C14H18FNO/c1-13(2)12(14(13,3)4)16-11(17)9-7-5-6-8-10(9)15/h5-8,12H,1-4H3,(H,16,17). The van der Waals surface area contributed by atoms with Crippen LogP contribution in [0.1, 0.15) is 38.1 Å². The third kappa shape index (κ3) is 1.74. The molecule has 1 fully saturated rings. The number of nitrogens with one attached hydrogen (secondary N) is 1. The van der Waals surface area contributed by atoms with Crippen molar-refractivity contribution in [3.8, 4) is 0 Å². The molecule has 0 spiro atoms. The highest BCUT2D eigenvalue weighted by Gasteiger charge is 2.65. The fraction of sp³-hybridized carbons (Fsp3) is 0.500. The van der Waals surface area contributed by atoms with E-state index in [4.69, 9.17) is 0 Å². The molecule has 1 aromatic carbocycles. The van der Waals surface area contributed by atoms with Crippen LogP contribution in [0.15, 0.2) is 24.3 Å². The number of halogens is 1. The smallest absolute Gasteiger partial charge is 0.254 e. The highest BCUT2D eigenvalue weighted by molar-refractivity contribution is 5.95. The van der Waals surface area contributed by atoms with E-state index < -0.39 is 5.82 Å². The largest absolute Gasteiger partial charge is 0.348 e. The minimum Gasteiger partial charge on any atom is -0.348 e. The first-order valence-electron chi connectivity index (χ1n) is 5.84. The summed E-state index contributed by atoms with van der Waals surface area (Å²) < 4.78 is 13.4. The van der Waals surface area contributed by atoms with Gasteiger partial charge in [-0.25, -0.2) is 4.39 Å². The fourth-order valence-corrected chi connectivity index (χ4v) is 2.41. The Hall–Kier alpha value is -1.38. The number of amides is 1. The summed E-state index contributed by atoms with van der Waals surface area (Å²) in [5, 5.41) is 2.91. The molecule has 0 aromatic heterocycles. The van der Waals surface area contributed by atoms with E-state index in [2.05, 4.69) is 33.0 Å². The maximum absolute atomic E-state index is 13.4. The molecular weight excluding hydrogens is 217 g/mol. The molecule has 92 valence electrons. The van der Waals surface area contributed by atoms with Gasteiger partial charge in [0.05, 0.1) is 5.56 Å². The number of carbonyl (C=O) groups is 1. The van der Waals surface area contributed by atoms with Crippen molar-refractivity contribution >= 4 is 5.91 Å². The maximum atomic E-state index is 13.4. The Morgan fingerprint density at radius 1 is 1.18 bits per heavy atom. The van der Waals surface area contributed by atoms with E-state index in [1.807, 2.05) is 0 Å². The molecule has 1 aliphatic carbocycles. The molecule has 1 saturated carbocycles. The third-order valence-electron chi connectivity index (χ3n) is 4.41. The Balaban J connectivity index is 2.13. The topological polar surface area (TPSA) is 29.1 Å². The molecule has 1 amide bonds. The molecule has 0 atom stereocenters. The Kier molecular flexibility index (Phi) is 2.53. The first-order valence-corrected chi connectivity index (χ1v) is 5.84. The molecule has 2 rings (SSSR count). The van der Waals surface area contributed by atoms with Crippen LogP contribution in [-0.2, 0) is 0 Å². The minimum atomic E-state index is -0.471. The van der Waals surface area contributed by atoms with E-state index in [0.29, 0.717) is 0 Å².